The van der Waals surface area contributed by atoms with Gasteiger partial charge < -0.3 is 19.9 Å². The predicted molar refractivity (Wildman–Crippen MR) is 79.6 cm³/mol. The van der Waals surface area contributed by atoms with Crippen LogP contribution in [0.15, 0.2) is 24.3 Å². The number of halogens is 1. The molecule has 7 heteroatoms. The second kappa shape index (κ2) is 7.41. The number of rotatable bonds is 6. The molecule has 0 spiro atoms. The van der Waals surface area contributed by atoms with Gasteiger partial charge in [0.1, 0.15) is 11.6 Å². The minimum absolute atomic E-state index is 0.0294. The Morgan fingerprint density at radius 3 is 2.52 bits per heavy atom. The Morgan fingerprint density at radius 1 is 1.35 bits per heavy atom. The maximum absolute atomic E-state index is 12.8. The summed E-state index contributed by atoms with van der Waals surface area (Å²) in [7, 11) is 0. The molecule has 1 unspecified atom stereocenters. The zero-order valence-electron chi connectivity index (χ0n) is 12.9. The molecule has 1 aliphatic heterocycles. The summed E-state index contributed by atoms with van der Waals surface area (Å²) in [5.74, 6) is -1.37. The van der Waals surface area contributed by atoms with Crippen molar-refractivity contribution in [3.8, 4) is 5.75 Å². The average Bonchev–Trinajstić information content (AvgIpc) is 2.55. The lowest BCUT2D eigenvalue weighted by Crippen LogP contribution is -2.48. The van der Waals surface area contributed by atoms with Crippen LogP contribution in [0.1, 0.15) is 19.8 Å². The zero-order chi connectivity index (χ0) is 16.9. The van der Waals surface area contributed by atoms with Crippen LogP contribution < -0.4 is 10.1 Å². The van der Waals surface area contributed by atoms with Gasteiger partial charge in [0, 0.05) is 19.8 Å². The fraction of sp³-hybridized carbons (Fsp3) is 0.500. The van der Waals surface area contributed by atoms with Gasteiger partial charge in [0.15, 0.2) is 6.10 Å². The molecule has 1 saturated heterocycles. The summed E-state index contributed by atoms with van der Waals surface area (Å²) in [5, 5.41) is 12.1. The minimum Gasteiger partial charge on any atom is -0.481 e. The van der Waals surface area contributed by atoms with Crippen molar-refractivity contribution in [3.63, 3.8) is 0 Å². The largest absolute Gasteiger partial charge is 0.481 e. The van der Waals surface area contributed by atoms with E-state index in [-0.39, 0.29) is 6.54 Å². The minimum atomic E-state index is -0.997. The first-order valence-electron chi connectivity index (χ1n) is 7.44. The van der Waals surface area contributed by atoms with E-state index >= 15 is 0 Å². The first-order valence-corrected chi connectivity index (χ1v) is 7.44. The number of aliphatic carboxylic acids is 1. The number of nitrogens with one attached hydrogen (secondary N) is 1. The van der Waals surface area contributed by atoms with Gasteiger partial charge in [0.05, 0.1) is 5.41 Å². The second-order valence-electron chi connectivity index (χ2n) is 5.63. The molecule has 2 rings (SSSR count). The number of carbonyl (C=O) groups excluding carboxylic acids is 1. The van der Waals surface area contributed by atoms with Crippen molar-refractivity contribution >= 4 is 11.9 Å². The Kier molecular flexibility index (Phi) is 5.54. The van der Waals surface area contributed by atoms with E-state index in [4.69, 9.17) is 9.47 Å². The summed E-state index contributed by atoms with van der Waals surface area (Å²) >= 11 is 0. The molecule has 0 saturated carbocycles. The molecule has 6 nitrogen and oxygen atoms in total. The fourth-order valence-corrected chi connectivity index (χ4v) is 2.40. The van der Waals surface area contributed by atoms with E-state index in [0.717, 1.165) is 0 Å². The predicted octanol–water partition coefficient (Wildman–Crippen LogP) is 1.59. The molecular formula is C16H20FNO5. The van der Waals surface area contributed by atoms with Gasteiger partial charge in [-0.05, 0) is 44.0 Å². The van der Waals surface area contributed by atoms with Crippen molar-refractivity contribution in [3.05, 3.63) is 30.1 Å². The molecule has 1 fully saturated rings. The van der Waals surface area contributed by atoms with Crippen LogP contribution in [0.3, 0.4) is 0 Å². The number of amides is 1. The van der Waals surface area contributed by atoms with Gasteiger partial charge in [-0.1, -0.05) is 0 Å². The van der Waals surface area contributed by atoms with Crippen molar-refractivity contribution in [2.24, 2.45) is 5.41 Å². The van der Waals surface area contributed by atoms with Gasteiger partial charge in [-0.3, -0.25) is 9.59 Å². The van der Waals surface area contributed by atoms with Gasteiger partial charge in [0.25, 0.3) is 5.91 Å². The van der Waals surface area contributed by atoms with E-state index in [9.17, 15) is 19.1 Å². The van der Waals surface area contributed by atoms with Crippen LogP contribution in [0.5, 0.6) is 5.75 Å². The number of benzene rings is 1. The van der Waals surface area contributed by atoms with Crippen molar-refractivity contribution in [2.75, 3.05) is 19.8 Å². The third-order valence-corrected chi connectivity index (χ3v) is 4.00. The highest BCUT2D eigenvalue weighted by Gasteiger charge is 2.40. The lowest BCUT2D eigenvalue weighted by atomic mass is 9.80. The summed E-state index contributed by atoms with van der Waals surface area (Å²) in [5.41, 5.74) is -0.997. The van der Waals surface area contributed by atoms with Crippen LogP contribution in [0.25, 0.3) is 0 Å². The highest BCUT2D eigenvalue weighted by atomic mass is 19.1. The standard InChI is InChI=1S/C16H20FNO5/c1-11(23-13-4-2-12(17)3-5-13)14(19)18-10-16(15(20)21)6-8-22-9-7-16/h2-5,11H,6-10H2,1H3,(H,18,19)(H,20,21). The first kappa shape index (κ1) is 17.2. The van der Waals surface area contributed by atoms with Crippen LogP contribution in [0.2, 0.25) is 0 Å². The molecule has 1 atom stereocenters. The molecule has 23 heavy (non-hydrogen) atoms. The number of hydrogen-bond acceptors (Lipinski definition) is 4. The van der Waals surface area contributed by atoms with Gasteiger partial charge in [-0.15, -0.1) is 0 Å². The maximum Gasteiger partial charge on any atom is 0.311 e. The molecule has 0 aliphatic carbocycles. The number of ether oxygens (including phenoxy) is 2. The molecule has 0 bridgehead atoms. The fourth-order valence-electron chi connectivity index (χ4n) is 2.40. The third kappa shape index (κ3) is 4.41. The number of carboxylic acids is 1. The Bertz CT molecular complexity index is 554. The van der Waals surface area contributed by atoms with Gasteiger partial charge in [0.2, 0.25) is 0 Å². The highest BCUT2D eigenvalue weighted by molar-refractivity contribution is 5.82. The topological polar surface area (TPSA) is 84.9 Å². The summed E-state index contributed by atoms with van der Waals surface area (Å²) in [4.78, 5) is 23.6. The van der Waals surface area contributed by atoms with Gasteiger partial charge in [-0.25, -0.2) is 4.39 Å². The van der Waals surface area contributed by atoms with Crippen molar-refractivity contribution < 1.29 is 28.6 Å². The molecule has 1 aromatic rings. The Balaban J connectivity index is 1.89. The van der Waals surface area contributed by atoms with Crippen molar-refractivity contribution in [1.82, 2.24) is 5.32 Å². The van der Waals surface area contributed by atoms with E-state index in [1.807, 2.05) is 0 Å². The molecule has 1 heterocycles. The van der Waals surface area contributed by atoms with E-state index < -0.39 is 29.2 Å². The summed E-state index contributed by atoms with van der Waals surface area (Å²) in [6, 6.07) is 5.33. The molecule has 126 valence electrons. The molecule has 1 amide bonds. The highest BCUT2D eigenvalue weighted by Crippen LogP contribution is 2.30. The molecule has 2 N–H and O–H groups in total. The second-order valence-corrected chi connectivity index (χ2v) is 5.63. The zero-order valence-corrected chi connectivity index (χ0v) is 12.9. The van der Waals surface area contributed by atoms with Crippen molar-refractivity contribution in [1.29, 1.82) is 0 Å². The Labute approximate surface area is 133 Å². The molecule has 0 radical (unpaired) electrons. The number of hydrogen-bond donors (Lipinski definition) is 2. The quantitative estimate of drug-likeness (QED) is 0.830. The molecule has 1 aromatic carbocycles. The first-order chi connectivity index (χ1) is 10.9. The van der Waals surface area contributed by atoms with E-state index in [1.54, 1.807) is 6.92 Å². The molecule has 0 aromatic heterocycles. The van der Waals surface area contributed by atoms with Gasteiger partial charge >= 0.3 is 5.97 Å². The van der Waals surface area contributed by atoms with Crippen LogP contribution in [0, 0.1) is 11.2 Å². The molecular weight excluding hydrogens is 305 g/mol. The summed E-state index contributed by atoms with van der Waals surface area (Å²) in [6.45, 7) is 2.31. The summed E-state index contributed by atoms with van der Waals surface area (Å²) in [6.07, 6.45) is -0.0998. The van der Waals surface area contributed by atoms with E-state index in [0.29, 0.717) is 31.8 Å². The Morgan fingerprint density at radius 2 is 1.96 bits per heavy atom. The van der Waals surface area contributed by atoms with Crippen LogP contribution in [-0.2, 0) is 14.3 Å². The number of carboxylic acid groups (broad SMARTS) is 1. The molecule has 1 aliphatic rings. The SMILES string of the molecule is CC(Oc1ccc(F)cc1)C(=O)NCC1(C(=O)O)CCOCC1. The van der Waals surface area contributed by atoms with Crippen LogP contribution >= 0.6 is 0 Å². The normalized spacial score (nSPS) is 18.0. The third-order valence-electron chi connectivity index (χ3n) is 4.00. The lowest BCUT2D eigenvalue weighted by molar-refractivity contribution is -0.155. The average molecular weight is 325 g/mol. The smallest absolute Gasteiger partial charge is 0.311 e. The monoisotopic (exact) mass is 325 g/mol. The van der Waals surface area contributed by atoms with Crippen LogP contribution in [-0.4, -0.2) is 42.8 Å². The van der Waals surface area contributed by atoms with Crippen molar-refractivity contribution in [2.45, 2.75) is 25.9 Å². The lowest BCUT2D eigenvalue weighted by Gasteiger charge is -2.33. The van der Waals surface area contributed by atoms with Crippen LogP contribution in [0.4, 0.5) is 4.39 Å². The van der Waals surface area contributed by atoms with E-state index in [2.05, 4.69) is 5.32 Å². The van der Waals surface area contributed by atoms with E-state index in [1.165, 1.54) is 24.3 Å². The van der Waals surface area contributed by atoms with Gasteiger partial charge in [-0.2, -0.15) is 0 Å². The number of carbonyl (C=O) groups is 2. The maximum atomic E-state index is 12.8. The Hall–Kier alpha value is -2.15. The summed E-state index contributed by atoms with van der Waals surface area (Å²) < 4.78 is 23.4.